The van der Waals surface area contributed by atoms with Crippen LogP contribution >= 0.6 is 0 Å². The topological polar surface area (TPSA) is 38.0 Å². The molecule has 1 atom stereocenters. The van der Waals surface area contributed by atoms with Crippen molar-refractivity contribution < 1.29 is 0 Å². The van der Waals surface area contributed by atoms with Crippen LogP contribution in [-0.2, 0) is 12.8 Å². The Morgan fingerprint density at radius 2 is 1.55 bits per heavy atom. The number of nitrogens with two attached hydrogens (primary N) is 1. The van der Waals surface area contributed by atoms with Gasteiger partial charge in [0.15, 0.2) is 0 Å². The monoisotopic (exact) mass is 268 g/mol. The lowest BCUT2D eigenvalue weighted by atomic mass is 9.95. The maximum atomic E-state index is 5.74. The summed E-state index contributed by atoms with van der Waals surface area (Å²) in [7, 11) is 0. The Kier molecular flexibility index (Phi) is 4.94. The van der Waals surface area contributed by atoms with Crippen molar-refractivity contribution >= 4 is 0 Å². The van der Waals surface area contributed by atoms with E-state index in [0.717, 1.165) is 12.8 Å². The number of hydrogen-bond donors (Lipinski definition) is 2. The molecule has 20 heavy (non-hydrogen) atoms. The first-order valence-electron chi connectivity index (χ1n) is 7.16. The van der Waals surface area contributed by atoms with Crippen LogP contribution in [0.25, 0.3) is 0 Å². The summed E-state index contributed by atoms with van der Waals surface area (Å²) in [5.74, 6) is 5.74. The van der Waals surface area contributed by atoms with Gasteiger partial charge in [0.2, 0.25) is 0 Å². The lowest BCUT2D eigenvalue weighted by Crippen LogP contribution is -2.38. The third-order valence-electron chi connectivity index (χ3n) is 3.81. The highest BCUT2D eigenvalue weighted by Gasteiger charge is 2.10. The Morgan fingerprint density at radius 1 is 0.900 bits per heavy atom. The highest BCUT2D eigenvalue weighted by Crippen LogP contribution is 2.15. The SMILES string of the molecule is Cc1ccc(CC(Cc2cc(C)ccc2C)NN)cc1. The molecule has 2 aromatic rings. The molecule has 0 radical (unpaired) electrons. The smallest absolute Gasteiger partial charge is 0.0291 e. The molecule has 0 aliphatic heterocycles. The van der Waals surface area contributed by atoms with E-state index in [0.29, 0.717) is 0 Å². The molecule has 3 N–H and O–H groups in total. The standard InChI is InChI=1S/C18H24N2/c1-13-5-8-16(9-6-13)11-18(20-19)12-17-10-14(2)4-7-15(17)3/h4-10,18,20H,11-12,19H2,1-3H3. The summed E-state index contributed by atoms with van der Waals surface area (Å²) in [5.41, 5.74) is 9.59. The van der Waals surface area contributed by atoms with Crippen LogP contribution in [0, 0.1) is 20.8 Å². The summed E-state index contributed by atoms with van der Waals surface area (Å²) in [6.07, 6.45) is 1.90. The zero-order valence-electron chi connectivity index (χ0n) is 12.6. The van der Waals surface area contributed by atoms with Crippen LogP contribution in [0.2, 0.25) is 0 Å². The minimum Gasteiger partial charge on any atom is -0.271 e. The maximum absolute atomic E-state index is 5.74. The molecule has 2 aromatic carbocycles. The zero-order chi connectivity index (χ0) is 14.5. The van der Waals surface area contributed by atoms with Crippen LogP contribution in [0.5, 0.6) is 0 Å². The molecule has 0 aliphatic carbocycles. The van der Waals surface area contributed by atoms with Crippen LogP contribution < -0.4 is 11.3 Å². The van der Waals surface area contributed by atoms with Crippen molar-refractivity contribution in [2.45, 2.75) is 39.7 Å². The molecule has 2 rings (SSSR count). The van der Waals surface area contributed by atoms with Crippen LogP contribution in [0.4, 0.5) is 0 Å². The van der Waals surface area contributed by atoms with Crippen molar-refractivity contribution in [3.8, 4) is 0 Å². The predicted octanol–water partition coefficient (Wildman–Crippen LogP) is 3.23. The zero-order valence-corrected chi connectivity index (χ0v) is 12.6. The second kappa shape index (κ2) is 6.69. The van der Waals surface area contributed by atoms with Crippen LogP contribution in [0.3, 0.4) is 0 Å². The third kappa shape index (κ3) is 3.92. The average Bonchev–Trinajstić information content (AvgIpc) is 2.44. The van der Waals surface area contributed by atoms with Gasteiger partial charge in [-0.2, -0.15) is 0 Å². The molecule has 0 saturated carbocycles. The Morgan fingerprint density at radius 3 is 2.20 bits per heavy atom. The fourth-order valence-corrected chi connectivity index (χ4v) is 2.48. The molecule has 0 heterocycles. The highest BCUT2D eigenvalue weighted by molar-refractivity contribution is 5.31. The molecule has 0 aliphatic rings. The highest BCUT2D eigenvalue weighted by atomic mass is 15.2. The van der Waals surface area contributed by atoms with E-state index < -0.39 is 0 Å². The Bertz CT molecular complexity index is 558. The summed E-state index contributed by atoms with van der Waals surface area (Å²) < 4.78 is 0. The number of rotatable bonds is 5. The largest absolute Gasteiger partial charge is 0.271 e. The summed E-state index contributed by atoms with van der Waals surface area (Å²) in [5, 5.41) is 0. The summed E-state index contributed by atoms with van der Waals surface area (Å²) in [6, 6.07) is 15.5. The average molecular weight is 268 g/mol. The van der Waals surface area contributed by atoms with E-state index in [2.05, 4.69) is 68.7 Å². The first kappa shape index (κ1) is 14.8. The molecule has 0 spiro atoms. The van der Waals surface area contributed by atoms with E-state index in [-0.39, 0.29) is 6.04 Å². The molecule has 1 unspecified atom stereocenters. The molecular formula is C18H24N2. The summed E-state index contributed by atoms with van der Waals surface area (Å²) >= 11 is 0. The summed E-state index contributed by atoms with van der Waals surface area (Å²) in [4.78, 5) is 0. The molecule has 106 valence electrons. The number of benzene rings is 2. The van der Waals surface area contributed by atoms with Gasteiger partial charge >= 0.3 is 0 Å². The van der Waals surface area contributed by atoms with Gasteiger partial charge in [-0.05, 0) is 50.3 Å². The summed E-state index contributed by atoms with van der Waals surface area (Å²) in [6.45, 7) is 6.40. The number of nitrogens with one attached hydrogen (secondary N) is 1. The van der Waals surface area contributed by atoms with Gasteiger partial charge in [0.1, 0.15) is 0 Å². The second-order valence-corrected chi connectivity index (χ2v) is 5.69. The van der Waals surface area contributed by atoms with E-state index in [4.69, 9.17) is 5.84 Å². The van der Waals surface area contributed by atoms with Gasteiger partial charge in [0.25, 0.3) is 0 Å². The van der Waals surface area contributed by atoms with Gasteiger partial charge in [-0.15, -0.1) is 0 Å². The minimum absolute atomic E-state index is 0.262. The van der Waals surface area contributed by atoms with Crippen molar-refractivity contribution in [1.82, 2.24) is 5.43 Å². The van der Waals surface area contributed by atoms with Gasteiger partial charge in [0.05, 0.1) is 0 Å². The lowest BCUT2D eigenvalue weighted by molar-refractivity contribution is 0.521. The molecule has 0 amide bonds. The van der Waals surface area contributed by atoms with Gasteiger partial charge in [-0.25, -0.2) is 0 Å². The lowest BCUT2D eigenvalue weighted by Gasteiger charge is -2.18. The van der Waals surface area contributed by atoms with Gasteiger partial charge in [-0.1, -0.05) is 53.6 Å². The molecule has 0 fully saturated rings. The van der Waals surface area contributed by atoms with E-state index in [1.807, 2.05) is 0 Å². The van der Waals surface area contributed by atoms with Crippen molar-refractivity contribution in [1.29, 1.82) is 0 Å². The van der Waals surface area contributed by atoms with Crippen molar-refractivity contribution in [3.05, 3.63) is 70.3 Å². The fourth-order valence-electron chi connectivity index (χ4n) is 2.48. The van der Waals surface area contributed by atoms with Crippen LogP contribution in [0.15, 0.2) is 42.5 Å². The fraction of sp³-hybridized carbons (Fsp3) is 0.333. The van der Waals surface area contributed by atoms with Crippen molar-refractivity contribution in [3.63, 3.8) is 0 Å². The first-order chi connectivity index (χ1) is 9.58. The van der Waals surface area contributed by atoms with Gasteiger partial charge in [0, 0.05) is 6.04 Å². The Balaban J connectivity index is 2.08. The predicted molar refractivity (Wildman–Crippen MR) is 85.6 cm³/mol. The third-order valence-corrected chi connectivity index (χ3v) is 3.81. The van der Waals surface area contributed by atoms with E-state index in [9.17, 15) is 0 Å². The quantitative estimate of drug-likeness (QED) is 0.645. The number of hydrazine groups is 1. The molecule has 0 aromatic heterocycles. The van der Waals surface area contributed by atoms with Crippen molar-refractivity contribution in [2.24, 2.45) is 5.84 Å². The molecular weight excluding hydrogens is 244 g/mol. The molecule has 2 heteroatoms. The first-order valence-corrected chi connectivity index (χ1v) is 7.16. The Labute approximate surface area is 122 Å². The van der Waals surface area contributed by atoms with E-state index >= 15 is 0 Å². The van der Waals surface area contributed by atoms with E-state index in [1.165, 1.54) is 27.8 Å². The second-order valence-electron chi connectivity index (χ2n) is 5.69. The molecule has 2 nitrogen and oxygen atoms in total. The Hall–Kier alpha value is -1.64. The van der Waals surface area contributed by atoms with Crippen LogP contribution in [0.1, 0.15) is 27.8 Å². The number of hydrogen-bond acceptors (Lipinski definition) is 2. The molecule has 0 saturated heterocycles. The molecule has 0 bridgehead atoms. The normalized spacial score (nSPS) is 12.4. The minimum atomic E-state index is 0.262. The van der Waals surface area contributed by atoms with Crippen LogP contribution in [-0.4, -0.2) is 6.04 Å². The van der Waals surface area contributed by atoms with Crippen molar-refractivity contribution in [2.75, 3.05) is 0 Å². The number of aryl methyl sites for hydroxylation is 3. The maximum Gasteiger partial charge on any atom is 0.0291 e. The van der Waals surface area contributed by atoms with Gasteiger partial charge in [-0.3, -0.25) is 11.3 Å². The van der Waals surface area contributed by atoms with E-state index in [1.54, 1.807) is 0 Å². The van der Waals surface area contributed by atoms with Gasteiger partial charge < -0.3 is 0 Å².